The molecule has 0 aliphatic heterocycles. The number of aromatic nitrogens is 2. The van der Waals surface area contributed by atoms with Crippen molar-refractivity contribution < 1.29 is 14.7 Å². The summed E-state index contributed by atoms with van der Waals surface area (Å²) in [7, 11) is 0. The molecule has 6 nitrogen and oxygen atoms in total. The van der Waals surface area contributed by atoms with Gasteiger partial charge in [0.05, 0.1) is 11.3 Å². The number of rotatable bonds is 6. The summed E-state index contributed by atoms with van der Waals surface area (Å²) in [4.78, 5) is 28.5. The first kappa shape index (κ1) is 20.3. The van der Waals surface area contributed by atoms with E-state index >= 15 is 0 Å². The van der Waals surface area contributed by atoms with Gasteiger partial charge in [-0.3, -0.25) is 9.59 Å². The van der Waals surface area contributed by atoms with Gasteiger partial charge in [-0.25, -0.2) is 4.98 Å². The van der Waals surface area contributed by atoms with Crippen molar-refractivity contribution in [1.29, 1.82) is 0 Å². The zero-order chi connectivity index (χ0) is 22.1. The molecule has 0 radical (unpaired) electrons. The third kappa shape index (κ3) is 3.68. The highest BCUT2D eigenvalue weighted by Gasteiger charge is 2.28. The van der Waals surface area contributed by atoms with Crippen molar-refractivity contribution in [2.24, 2.45) is 5.73 Å². The number of aryl methyl sites for hydroxylation is 1. The Bertz CT molecular complexity index is 1310. The summed E-state index contributed by atoms with van der Waals surface area (Å²) >= 11 is 0. The molecule has 0 bridgehead atoms. The zero-order valence-electron chi connectivity index (χ0n) is 17.4. The fourth-order valence-electron chi connectivity index (χ4n) is 4.11. The quantitative estimate of drug-likeness (QED) is 0.371. The molecule has 0 aliphatic rings. The number of primary amides is 1. The third-order valence-electron chi connectivity index (χ3n) is 5.44. The Labute approximate surface area is 180 Å². The standard InChI is InChI=1S/C25H23N3O3/c1-3-19-20(13-16-8-7-11-18(12-16)17-9-5-4-6-10-17)28-14-15(2)27-25(31)22(28)21(19)23(29)24(26)30/h4-12,14H,3,13H2,1-2H3,(H2,26,30)(H,27,31). The first-order valence-electron chi connectivity index (χ1n) is 10.1. The average Bonchev–Trinajstić information content (AvgIpc) is 3.07. The van der Waals surface area contributed by atoms with Gasteiger partial charge in [-0.05, 0) is 35.6 Å². The Hall–Kier alpha value is -3.93. The smallest absolute Gasteiger partial charge is 0.289 e. The Morgan fingerprint density at radius 2 is 1.77 bits per heavy atom. The number of hydrogen-bond acceptors (Lipinski definition) is 4. The summed E-state index contributed by atoms with van der Waals surface area (Å²) in [6, 6.07) is 18.3. The van der Waals surface area contributed by atoms with Gasteiger partial charge in [0.1, 0.15) is 5.52 Å². The number of aromatic hydroxyl groups is 1. The van der Waals surface area contributed by atoms with Crippen molar-refractivity contribution >= 4 is 17.2 Å². The van der Waals surface area contributed by atoms with Gasteiger partial charge >= 0.3 is 0 Å². The lowest BCUT2D eigenvalue weighted by atomic mass is 9.97. The maximum absolute atomic E-state index is 12.7. The van der Waals surface area contributed by atoms with E-state index in [-0.39, 0.29) is 17.0 Å². The molecule has 0 aliphatic carbocycles. The molecule has 4 aromatic rings. The van der Waals surface area contributed by atoms with Gasteiger partial charge < -0.3 is 15.2 Å². The van der Waals surface area contributed by atoms with Gasteiger partial charge in [-0.2, -0.15) is 0 Å². The molecule has 31 heavy (non-hydrogen) atoms. The molecule has 0 spiro atoms. The van der Waals surface area contributed by atoms with Crippen LogP contribution in [-0.4, -0.2) is 26.2 Å². The van der Waals surface area contributed by atoms with E-state index in [4.69, 9.17) is 5.73 Å². The number of ketones is 1. The molecule has 0 fully saturated rings. The molecule has 2 aromatic heterocycles. The molecule has 156 valence electrons. The summed E-state index contributed by atoms with van der Waals surface area (Å²) in [6.45, 7) is 3.67. The van der Waals surface area contributed by atoms with Gasteiger partial charge in [-0.15, -0.1) is 0 Å². The highest BCUT2D eigenvalue weighted by molar-refractivity contribution is 6.44. The second-order valence-corrected chi connectivity index (χ2v) is 7.51. The van der Waals surface area contributed by atoms with Gasteiger partial charge in [0.15, 0.2) is 0 Å². The highest BCUT2D eigenvalue weighted by Crippen LogP contribution is 2.32. The van der Waals surface area contributed by atoms with Gasteiger partial charge in [0.2, 0.25) is 5.88 Å². The number of nitrogens with zero attached hydrogens (tertiary/aromatic N) is 2. The number of hydrogen-bond donors (Lipinski definition) is 2. The van der Waals surface area contributed by atoms with Crippen LogP contribution in [-0.2, 0) is 17.6 Å². The lowest BCUT2D eigenvalue weighted by Gasteiger charge is -2.09. The molecular weight excluding hydrogens is 390 g/mol. The largest absolute Gasteiger partial charge is 0.492 e. The van der Waals surface area contributed by atoms with Crippen LogP contribution in [0.3, 0.4) is 0 Å². The molecule has 0 atom stereocenters. The SMILES string of the molecule is CCc1c(C(=O)C(N)=O)c2c(O)nc(C)cn2c1Cc1cccc(-c2ccccc2)c1. The van der Waals surface area contributed by atoms with Crippen LogP contribution in [0, 0.1) is 6.92 Å². The predicted molar refractivity (Wildman–Crippen MR) is 119 cm³/mol. The van der Waals surface area contributed by atoms with Crippen LogP contribution in [0.15, 0.2) is 60.8 Å². The monoisotopic (exact) mass is 413 g/mol. The predicted octanol–water partition coefficient (Wildman–Crippen LogP) is 3.84. The van der Waals surface area contributed by atoms with E-state index < -0.39 is 11.7 Å². The van der Waals surface area contributed by atoms with Crippen LogP contribution < -0.4 is 5.73 Å². The van der Waals surface area contributed by atoms with Crippen molar-refractivity contribution in [3.63, 3.8) is 0 Å². The Balaban J connectivity index is 1.90. The zero-order valence-corrected chi connectivity index (χ0v) is 17.4. The normalized spacial score (nSPS) is 11.0. The highest BCUT2D eigenvalue weighted by atomic mass is 16.3. The molecule has 1 amide bonds. The Kier molecular flexibility index (Phi) is 5.29. The minimum Gasteiger partial charge on any atom is -0.492 e. The summed E-state index contributed by atoms with van der Waals surface area (Å²) in [5.74, 6) is -2.16. The number of carbonyl (C=O) groups excluding carboxylic acids is 2. The fraction of sp³-hybridized carbons (Fsp3) is 0.160. The van der Waals surface area contributed by atoms with Gasteiger partial charge in [-0.1, -0.05) is 61.5 Å². The van der Waals surface area contributed by atoms with E-state index in [1.54, 1.807) is 17.5 Å². The van der Waals surface area contributed by atoms with Crippen molar-refractivity contribution in [2.75, 3.05) is 0 Å². The van der Waals surface area contributed by atoms with Crippen LogP contribution in [0.25, 0.3) is 16.6 Å². The topological polar surface area (TPSA) is 97.7 Å². The number of nitrogens with two attached hydrogens (primary N) is 1. The summed E-state index contributed by atoms with van der Waals surface area (Å²) in [6.07, 6.45) is 2.78. The first-order chi connectivity index (χ1) is 14.9. The summed E-state index contributed by atoms with van der Waals surface area (Å²) in [5.41, 5.74) is 11.0. The molecule has 0 unspecified atom stereocenters. The van der Waals surface area contributed by atoms with Crippen molar-refractivity contribution in [3.05, 3.63) is 88.9 Å². The van der Waals surface area contributed by atoms with Crippen molar-refractivity contribution in [1.82, 2.24) is 9.38 Å². The molecule has 0 saturated heterocycles. The second-order valence-electron chi connectivity index (χ2n) is 7.51. The van der Waals surface area contributed by atoms with Crippen LogP contribution in [0.1, 0.15) is 39.8 Å². The van der Waals surface area contributed by atoms with E-state index in [0.29, 0.717) is 24.1 Å². The van der Waals surface area contributed by atoms with Crippen molar-refractivity contribution in [2.45, 2.75) is 26.7 Å². The first-order valence-corrected chi connectivity index (χ1v) is 10.1. The van der Waals surface area contributed by atoms with E-state index in [0.717, 1.165) is 22.4 Å². The Morgan fingerprint density at radius 1 is 1.06 bits per heavy atom. The molecule has 2 aromatic carbocycles. The van der Waals surface area contributed by atoms with Crippen LogP contribution in [0.4, 0.5) is 0 Å². The maximum Gasteiger partial charge on any atom is 0.289 e. The number of amides is 1. The van der Waals surface area contributed by atoms with Crippen LogP contribution in [0.2, 0.25) is 0 Å². The third-order valence-corrected chi connectivity index (χ3v) is 5.44. The molecule has 4 rings (SSSR count). The minimum absolute atomic E-state index is 0.134. The van der Waals surface area contributed by atoms with Gasteiger partial charge in [0.25, 0.3) is 11.7 Å². The molecule has 0 saturated carbocycles. The molecule has 6 heteroatoms. The maximum atomic E-state index is 12.7. The number of Topliss-reactive ketones (excluding diaryl/α,β-unsaturated/α-hetero) is 1. The summed E-state index contributed by atoms with van der Waals surface area (Å²) in [5, 5.41) is 10.5. The molecule has 3 N–H and O–H groups in total. The number of benzene rings is 2. The number of carbonyl (C=O) groups is 2. The number of fused-ring (bicyclic) bond motifs is 1. The van der Waals surface area contributed by atoms with E-state index in [1.165, 1.54) is 0 Å². The second kappa shape index (κ2) is 8.07. The van der Waals surface area contributed by atoms with Gasteiger partial charge in [0, 0.05) is 18.3 Å². The minimum atomic E-state index is -1.06. The van der Waals surface area contributed by atoms with E-state index in [9.17, 15) is 14.7 Å². The van der Waals surface area contributed by atoms with Crippen LogP contribution in [0.5, 0.6) is 5.88 Å². The Morgan fingerprint density at radius 3 is 2.45 bits per heavy atom. The lowest BCUT2D eigenvalue weighted by Crippen LogP contribution is -2.24. The van der Waals surface area contributed by atoms with E-state index in [2.05, 4.69) is 29.2 Å². The lowest BCUT2D eigenvalue weighted by molar-refractivity contribution is -0.114. The van der Waals surface area contributed by atoms with Crippen LogP contribution >= 0.6 is 0 Å². The average molecular weight is 413 g/mol. The van der Waals surface area contributed by atoms with E-state index in [1.807, 2.05) is 37.3 Å². The summed E-state index contributed by atoms with van der Waals surface area (Å²) < 4.78 is 1.77. The van der Waals surface area contributed by atoms with Crippen molar-refractivity contribution in [3.8, 4) is 17.0 Å². The molecular formula is C25H23N3O3. The fourth-order valence-corrected chi connectivity index (χ4v) is 4.11. The molecule has 2 heterocycles.